The first kappa shape index (κ1) is 13.4. The molecule has 4 heteroatoms. The van der Waals surface area contributed by atoms with Gasteiger partial charge in [0.1, 0.15) is 10.3 Å². The molecule has 0 spiro atoms. The Balaban J connectivity index is 2.32. The topological polar surface area (TPSA) is 37.3 Å². The van der Waals surface area contributed by atoms with Gasteiger partial charge in [-0.2, -0.15) is 0 Å². The highest BCUT2D eigenvalue weighted by Gasteiger charge is 2.48. The fraction of sp³-hybridized carbons (Fsp3) is 0.769. The molecule has 0 aliphatic heterocycles. The summed E-state index contributed by atoms with van der Waals surface area (Å²) in [7, 11) is 0. The summed E-state index contributed by atoms with van der Waals surface area (Å²) in [6, 6.07) is 0. The van der Waals surface area contributed by atoms with Crippen molar-refractivity contribution in [1.82, 2.24) is 0 Å². The lowest BCUT2D eigenvalue weighted by atomic mass is 9.74. The molecule has 0 aromatic carbocycles. The van der Waals surface area contributed by atoms with Crippen molar-refractivity contribution in [1.29, 1.82) is 0 Å². The lowest BCUT2D eigenvalue weighted by Gasteiger charge is -2.32. The lowest BCUT2D eigenvalue weighted by Crippen LogP contribution is -2.38. The molecule has 96 valence electrons. The number of carbonyl (C=O) groups excluding carboxylic acids is 1. The van der Waals surface area contributed by atoms with Crippen molar-refractivity contribution in [2.75, 3.05) is 0 Å². The Morgan fingerprint density at radius 1 is 1.47 bits per heavy atom. The normalized spacial score (nSPS) is 37.2. The fourth-order valence-corrected chi connectivity index (χ4v) is 3.90. The van der Waals surface area contributed by atoms with Crippen LogP contribution in [0.4, 0.5) is 0 Å². The fourth-order valence-electron chi connectivity index (χ4n) is 3.46. The Hall–Kier alpha value is -0.0500. The van der Waals surface area contributed by atoms with Crippen LogP contribution in [0, 0.1) is 17.8 Å². The van der Waals surface area contributed by atoms with Crippen molar-refractivity contribution >= 4 is 29.0 Å². The van der Waals surface area contributed by atoms with E-state index in [-0.39, 0.29) is 29.6 Å². The summed E-state index contributed by atoms with van der Waals surface area (Å²) in [4.78, 5) is 11.9. The second-order valence-corrected chi connectivity index (χ2v) is 6.09. The maximum atomic E-state index is 11.9. The first-order chi connectivity index (χ1) is 8.06. The maximum absolute atomic E-state index is 11.9. The van der Waals surface area contributed by atoms with Gasteiger partial charge < -0.3 is 5.11 Å². The van der Waals surface area contributed by atoms with Crippen LogP contribution in [0.15, 0.2) is 10.1 Å². The number of Topliss-reactive ketones (excluding diaryl/α,β-unsaturated/α-hetero) is 1. The number of fused-ring (bicyclic) bond motifs is 1. The van der Waals surface area contributed by atoms with Crippen LogP contribution < -0.4 is 0 Å². The highest BCUT2D eigenvalue weighted by molar-refractivity contribution is 6.56. The van der Waals surface area contributed by atoms with Gasteiger partial charge in [-0.25, -0.2) is 0 Å². The average Bonchev–Trinajstić information content (AvgIpc) is 2.65. The van der Waals surface area contributed by atoms with Crippen LogP contribution >= 0.6 is 23.2 Å². The van der Waals surface area contributed by atoms with Crippen LogP contribution in [0.2, 0.25) is 0 Å². The number of carbonyl (C=O) groups is 1. The van der Waals surface area contributed by atoms with E-state index in [1.165, 1.54) is 0 Å². The van der Waals surface area contributed by atoms with Crippen molar-refractivity contribution in [2.45, 2.75) is 45.1 Å². The molecule has 4 unspecified atom stereocenters. The molecule has 2 aliphatic carbocycles. The average molecular weight is 277 g/mol. The van der Waals surface area contributed by atoms with Crippen molar-refractivity contribution in [3.8, 4) is 0 Å². The van der Waals surface area contributed by atoms with E-state index in [0.29, 0.717) is 23.8 Å². The van der Waals surface area contributed by atoms with Crippen molar-refractivity contribution in [3.05, 3.63) is 10.1 Å². The van der Waals surface area contributed by atoms with Gasteiger partial charge in [0.2, 0.25) is 0 Å². The third-order valence-electron chi connectivity index (χ3n) is 4.20. The van der Waals surface area contributed by atoms with Crippen LogP contribution in [0.3, 0.4) is 0 Å². The van der Waals surface area contributed by atoms with Gasteiger partial charge >= 0.3 is 0 Å². The number of halogens is 2. The number of hydrogen-bond acceptors (Lipinski definition) is 2. The summed E-state index contributed by atoms with van der Waals surface area (Å²) in [5.41, 5.74) is 0.986. The van der Waals surface area contributed by atoms with Gasteiger partial charge in [-0.15, -0.1) is 0 Å². The van der Waals surface area contributed by atoms with Gasteiger partial charge in [-0.3, -0.25) is 4.79 Å². The number of aliphatic hydroxyl groups excluding tert-OH is 1. The van der Waals surface area contributed by atoms with E-state index in [1.54, 1.807) is 0 Å². The van der Waals surface area contributed by atoms with Crippen LogP contribution in [-0.4, -0.2) is 17.0 Å². The molecular formula is C13H18Cl2O2. The summed E-state index contributed by atoms with van der Waals surface area (Å²) < 4.78 is 0.304. The minimum atomic E-state index is -0.376. The molecule has 0 radical (unpaired) electrons. The molecule has 4 atom stereocenters. The van der Waals surface area contributed by atoms with E-state index >= 15 is 0 Å². The van der Waals surface area contributed by atoms with E-state index in [4.69, 9.17) is 23.2 Å². The number of hydrogen-bond donors (Lipinski definition) is 1. The summed E-state index contributed by atoms with van der Waals surface area (Å²) in [5.74, 6) is 0.441. The molecule has 0 saturated heterocycles. The van der Waals surface area contributed by atoms with E-state index in [0.717, 1.165) is 18.4 Å². The Kier molecular flexibility index (Phi) is 4.17. The van der Waals surface area contributed by atoms with Crippen LogP contribution in [0.1, 0.15) is 39.0 Å². The van der Waals surface area contributed by atoms with Crippen molar-refractivity contribution < 1.29 is 9.90 Å². The molecule has 0 aromatic heterocycles. The number of ketones is 1. The molecule has 0 bridgehead atoms. The Labute approximate surface area is 112 Å². The highest BCUT2D eigenvalue weighted by atomic mass is 35.5. The Bertz CT molecular complexity index is 347. The quantitative estimate of drug-likeness (QED) is 0.839. The standard InChI is InChI=1S/C13H18Cl2O2/c1-2-3-7-8(13(14)15)6-9-10(16)4-5-11(17)12(7)9/h7,9,11-12,17H,2-6H2,1H3. The summed E-state index contributed by atoms with van der Waals surface area (Å²) in [6.07, 6.45) is 3.32. The number of rotatable bonds is 2. The predicted octanol–water partition coefficient (Wildman–Crippen LogP) is 3.45. The van der Waals surface area contributed by atoms with E-state index in [2.05, 4.69) is 6.92 Å². The molecule has 2 saturated carbocycles. The third-order valence-corrected chi connectivity index (χ3v) is 4.69. The molecular weight excluding hydrogens is 259 g/mol. The molecule has 17 heavy (non-hydrogen) atoms. The largest absolute Gasteiger partial charge is 0.393 e. The number of allylic oxidation sites excluding steroid dienone is 1. The van der Waals surface area contributed by atoms with E-state index < -0.39 is 0 Å². The zero-order chi connectivity index (χ0) is 12.6. The van der Waals surface area contributed by atoms with Gasteiger partial charge in [0, 0.05) is 18.3 Å². The lowest BCUT2D eigenvalue weighted by molar-refractivity contribution is -0.130. The van der Waals surface area contributed by atoms with Crippen molar-refractivity contribution in [3.63, 3.8) is 0 Å². The molecule has 2 nitrogen and oxygen atoms in total. The monoisotopic (exact) mass is 276 g/mol. The van der Waals surface area contributed by atoms with E-state index in [1.807, 2.05) is 0 Å². The van der Waals surface area contributed by atoms with Crippen LogP contribution in [0.25, 0.3) is 0 Å². The maximum Gasteiger partial charge on any atom is 0.136 e. The second kappa shape index (κ2) is 5.29. The zero-order valence-electron chi connectivity index (χ0n) is 9.96. The molecule has 1 N–H and O–H groups in total. The van der Waals surface area contributed by atoms with Crippen LogP contribution in [-0.2, 0) is 4.79 Å². The zero-order valence-corrected chi connectivity index (χ0v) is 11.5. The Morgan fingerprint density at radius 2 is 2.18 bits per heavy atom. The molecule has 0 aromatic rings. The summed E-state index contributed by atoms with van der Waals surface area (Å²) >= 11 is 11.9. The summed E-state index contributed by atoms with van der Waals surface area (Å²) in [6.45, 7) is 2.10. The smallest absolute Gasteiger partial charge is 0.136 e. The number of aliphatic hydroxyl groups is 1. The molecule has 2 fully saturated rings. The highest BCUT2D eigenvalue weighted by Crippen LogP contribution is 2.51. The second-order valence-electron chi connectivity index (χ2n) is 5.14. The first-order valence-corrected chi connectivity index (χ1v) is 7.06. The minimum absolute atomic E-state index is 0.0405. The van der Waals surface area contributed by atoms with Crippen LogP contribution in [0.5, 0.6) is 0 Å². The van der Waals surface area contributed by atoms with Gasteiger partial charge in [0.25, 0.3) is 0 Å². The SMILES string of the molecule is CCCC1C(=C(Cl)Cl)CC2C(=O)CCC(O)C21. The predicted molar refractivity (Wildman–Crippen MR) is 69.0 cm³/mol. The minimum Gasteiger partial charge on any atom is -0.393 e. The van der Waals surface area contributed by atoms with E-state index in [9.17, 15) is 9.90 Å². The molecule has 2 rings (SSSR count). The first-order valence-electron chi connectivity index (χ1n) is 6.31. The third kappa shape index (κ3) is 2.40. The summed E-state index contributed by atoms with van der Waals surface area (Å²) in [5, 5.41) is 10.1. The Morgan fingerprint density at radius 3 is 2.76 bits per heavy atom. The molecule has 0 amide bonds. The van der Waals surface area contributed by atoms with Gasteiger partial charge in [-0.1, -0.05) is 36.5 Å². The van der Waals surface area contributed by atoms with Crippen molar-refractivity contribution in [2.24, 2.45) is 17.8 Å². The van der Waals surface area contributed by atoms with Gasteiger partial charge in [0.05, 0.1) is 6.10 Å². The molecule has 2 aliphatic rings. The van der Waals surface area contributed by atoms with Gasteiger partial charge in [0.15, 0.2) is 0 Å². The van der Waals surface area contributed by atoms with Gasteiger partial charge in [-0.05, 0) is 30.8 Å². The molecule has 0 heterocycles.